The molecule has 0 radical (unpaired) electrons. The molecule has 1 saturated heterocycles. The number of para-hydroxylation sites is 1. The molecule has 0 bridgehead atoms. The first kappa shape index (κ1) is 19.5. The van der Waals surface area contributed by atoms with E-state index in [-0.39, 0.29) is 11.1 Å². The molecule has 1 heterocycles. The zero-order valence-corrected chi connectivity index (χ0v) is 15.4. The summed E-state index contributed by atoms with van der Waals surface area (Å²) in [5, 5.41) is 12.0. The Morgan fingerprint density at radius 3 is 2.62 bits per heavy atom. The van der Waals surface area contributed by atoms with E-state index in [0.29, 0.717) is 11.7 Å². The summed E-state index contributed by atoms with van der Waals surface area (Å²) in [5.74, 6) is -1.10. The van der Waals surface area contributed by atoms with Gasteiger partial charge in [0.15, 0.2) is 0 Å². The van der Waals surface area contributed by atoms with Crippen LogP contribution in [0.4, 0.5) is 5.69 Å². The molecular formula is C19H24N4O3. The Labute approximate surface area is 153 Å². The highest BCUT2D eigenvalue weighted by Crippen LogP contribution is 2.18. The molecule has 1 amide bonds. The van der Waals surface area contributed by atoms with E-state index in [1.165, 1.54) is 7.11 Å². The molecule has 0 atom stereocenters. The Bertz CT molecular complexity index is 731. The minimum atomic E-state index is -0.552. The van der Waals surface area contributed by atoms with E-state index < -0.39 is 11.9 Å². The van der Waals surface area contributed by atoms with E-state index in [2.05, 4.69) is 17.3 Å². The number of carbonyl (C=O) groups is 2. The molecule has 1 N–H and O–H groups in total. The lowest BCUT2D eigenvalue weighted by atomic mass is 10.0. The number of anilines is 1. The van der Waals surface area contributed by atoms with Gasteiger partial charge in [-0.05, 0) is 45.1 Å². The number of ether oxygens (including phenoxy) is 1. The molecule has 0 saturated carbocycles. The first-order valence-corrected chi connectivity index (χ1v) is 8.47. The Kier molecular flexibility index (Phi) is 6.75. The zero-order chi connectivity index (χ0) is 19.1. The molecule has 1 fully saturated rings. The zero-order valence-electron chi connectivity index (χ0n) is 15.4. The maximum absolute atomic E-state index is 12.5. The van der Waals surface area contributed by atoms with Crippen LogP contribution in [0.15, 0.2) is 36.0 Å². The average Bonchev–Trinajstić information content (AvgIpc) is 2.66. The molecule has 0 spiro atoms. The monoisotopic (exact) mass is 356 g/mol. The van der Waals surface area contributed by atoms with Gasteiger partial charge >= 0.3 is 5.97 Å². The van der Waals surface area contributed by atoms with Crippen molar-refractivity contribution in [3.63, 3.8) is 0 Å². The van der Waals surface area contributed by atoms with Gasteiger partial charge in [-0.15, -0.1) is 0 Å². The highest BCUT2D eigenvalue weighted by molar-refractivity contribution is 6.09. The third-order valence-corrected chi connectivity index (χ3v) is 4.54. The molecule has 1 aromatic carbocycles. The highest BCUT2D eigenvalue weighted by Gasteiger charge is 2.21. The van der Waals surface area contributed by atoms with Crippen molar-refractivity contribution in [3.8, 4) is 6.07 Å². The number of rotatable bonds is 5. The number of hydrogen-bond donors (Lipinski definition) is 1. The third kappa shape index (κ3) is 4.83. The fraction of sp³-hybridized carbons (Fsp3) is 0.421. The second kappa shape index (κ2) is 9.02. The fourth-order valence-corrected chi connectivity index (χ4v) is 2.92. The van der Waals surface area contributed by atoms with Crippen LogP contribution < -0.4 is 5.32 Å². The third-order valence-electron chi connectivity index (χ3n) is 4.54. The van der Waals surface area contributed by atoms with E-state index in [4.69, 9.17) is 4.74 Å². The molecule has 1 aromatic rings. The molecule has 2 rings (SSSR count). The van der Waals surface area contributed by atoms with Crippen molar-refractivity contribution >= 4 is 17.6 Å². The lowest BCUT2D eigenvalue weighted by Crippen LogP contribution is -2.40. The quantitative estimate of drug-likeness (QED) is 0.492. The van der Waals surface area contributed by atoms with Crippen LogP contribution in [-0.2, 0) is 9.53 Å². The van der Waals surface area contributed by atoms with Gasteiger partial charge in [0, 0.05) is 19.3 Å². The van der Waals surface area contributed by atoms with Crippen LogP contribution in [0.25, 0.3) is 0 Å². The second-order valence-electron chi connectivity index (χ2n) is 6.35. The molecule has 1 aliphatic heterocycles. The van der Waals surface area contributed by atoms with Crippen LogP contribution in [-0.4, -0.2) is 62.0 Å². The number of hydrogen-bond acceptors (Lipinski definition) is 6. The van der Waals surface area contributed by atoms with Crippen LogP contribution in [0.2, 0.25) is 0 Å². The first-order chi connectivity index (χ1) is 12.5. The van der Waals surface area contributed by atoms with Gasteiger partial charge in [0.2, 0.25) is 0 Å². The number of carbonyl (C=O) groups excluding carboxylic acids is 2. The number of piperidine rings is 1. The highest BCUT2D eigenvalue weighted by atomic mass is 16.5. The van der Waals surface area contributed by atoms with Crippen molar-refractivity contribution in [2.75, 3.05) is 39.6 Å². The van der Waals surface area contributed by atoms with Crippen molar-refractivity contribution in [3.05, 3.63) is 41.6 Å². The number of nitrogens with one attached hydrogen (secondary N) is 1. The van der Waals surface area contributed by atoms with Crippen molar-refractivity contribution in [2.45, 2.75) is 18.9 Å². The molecule has 7 heteroatoms. The first-order valence-electron chi connectivity index (χ1n) is 8.47. The summed E-state index contributed by atoms with van der Waals surface area (Å²) in [6, 6.07) is 8.77. The van der Waals surface area contributed by atoms with Crippen molar-refractivity contribution < 1.29 is 14.3 Å². The van der Waals surface area contributed by atoms with Gasteiger partial charge in [-0.3, -0.25) is 4.79 Å². The maximum Gasteiger partial charge on any atom is 0.339 e. The largest absolute Gasteiger partial charge is 0.465 e. The number of methoxy groups -OCH3 is 1. The molecule has 0 aromatic heterocycles. The molecule has 26 heavy (non-hydrogen) atoms. The maximum atomic E-state index is 12.5. The van der Waals surface area contributed by atoms with Crippen molar-refractivity contribution in [1.29, 1.82) is 5.26 Å². The summed E-state index contributed by atoms with van der Waals surface area (Å²) in [7, 11) is 5.24. The second-order valence-corrected chi connectivity index (χ2v) is 6.35. The summed E-state index contributed by atoms with van der Waals surface area (Å²) in [5.41, 5.74) is 0.544. The molecule has 1 aliphatic rings. The summed E-state index contributed by atoms with van der Waals surface area (Å²) in [6.45, 7) is 1.98. The van der Waals surface area contributed by atoms with Gasteiger partial charge in [-0.1, -0.05) is 12.1 Å². The fourth-order valence-electron chi connectivity index (χ4n) is 2.92. The summed E-state index contributed by atoms with van der Waals surface area (Å²) < 4.78 is 4.72. The standard InChI is InChI=1S/C19H24N4O3/c1-22-10-8-15(9-11-22)23(2)13-14(12-20)18(24)21-17-7-5-4-6-16(17)19(25)26-3/h4-7,13,15H,8-11H2,1-3H3,(H,21,24)/b14-13-. The van der Waals surface area contributed by atoms with E-state index in [1.54, 1.807) is 30.5 Å². The van der Waals surface area contributed by atoms with E-state index in [9.17, 15) is 14.9 Å². The normalized spacial score (nSPS) is 15.8. The molecule has 138 valence electrons. The lowest BCUT2D eigenvalue weighted by Gasteiger charge is -2.34. The minimum absolute atomic E-state index is 0.00824. The number of likely N-dealkylation sites (tertiary alicyclic amines) is 1. The van der Waals surface area contributed by atoms with Crippen LogP contribution in [0.1, 0.15) is 23.2 Å². The Balaban J connectivity index is 2.12. The van der Waals surface area contributed by atoms with E-state index >= 15 is 0 Å². The smallest absolute Gasteiger partial charge is 0.339 e. The van der Waals surface area contributed by atoms with Gasteiger partial charge in [0.25, 0.3) is 5.91 Å². The number of benzene rings is 1. The molecule has 0 unspecified atom stereocenters. The summed E-state index contributed by atoms with van der Waals surface area (Å²) in [4.78, 5) is 28.5. The molecule has 7 nitrogen and oxygen atoms in total. The van der Waals surface area contributed by atoms with Gasteiger partial charge in [-0.25, -0.2) is 4.79 Å². The van der Waals surface area contributed by atoms with Gasteiger partial charge < -0.3 is 19.9 Å². The Morgan fingerprint density at radius 2 is 2.00 bits per heavy atom. The van der Waals surface area contributed by atoms with Gasteiger partial charge in [0.1, 0.15) is 11.6 Å². The number of esters is 1. The van der Waals surface area contributed by atoms with Gasteiger partial charge in [-0.2, -0.15) is 5.26 Å². The number of amides is 1. The van der Waals surface area contributed by atoms with E-state index in [0.717, 1.165) is 25.9 Å². The number of nitriles is 1. The van der Waals surface area contributed by atoms with Crippen LogP contribution >= 0.6 is 0 Å². The topological polar surface area (TPSA) is 85.7 Å². The van der Waals surface area contributed by atoms with Gasteiger partial charge in [0.05, 0.1) is 18.4 Å². The SMILES string of the molecule is COC(=O)c1ccccc1NC(=O)/C(C#N)=C\N(C)C1CCN(C)CC1. The predicted molar refractivity (Wildman–Crippen MR) is 98.4 cm³/mol. The van der Waals surface area contributed by atoms with Crippen molar-refractivity contribution in [1.82, 2.24) is 9.80 Å². The number of nitrogens with zero attached hydrogens (tertiary/aromatic N) is 3. The predicted octanol–water partition coefficient (Wildman–Crippen LogP) is 1.85. The van der Waals surface area contributed by atoms with E-state index in [1.807, 2.05) is 18.0 Å². The van der Waals surface area contributed by atoms with Crippen molar-refractivity contribution in [2.24, 2.45) is 0 Å². The van der Waals surface area contributed by atoms with Crippen LogP contribution in [0.5, 0.6) is 0 Å². The Hall–Kier alpha value is -2.85. The average molecular weight is 356 g/mol. The minimum Gasteiger partial charge on any atom is -0.465 e. The molecular weight excluding hydrogens is 332 g/mol. The molecule has 0 aliphatic carbocycles. The Morgan fingerprint density at radius 1 is 1.35 bits per heavy atom. The summed E-state index contributed by atoms with van der Waals surface area (Å²) >= 11 is 0. The van der Waals surface area contributed by atoms with Crippen LogP contribution in [0, 0.1) is 11.3 Å². The summed E-state index contributed by atoms with van der Waals surface area (Å²) in [6.07, 6.45) is 3.54. The lowest BCUT2D eigenvalue weighted by molar-refractivity contribution is -0.112. The van der Waals surface area contributed by atoms with Crippen LogP contribution in [0.3, 0.4) is 0 Å².